The summed E-state index contributed by atoms with van der Waals surface area (Å²) in [5.41, 5.74) is 2.79. The minimum absolute atomic E-state index is 0.199. The number of rotatable bonds is 7. The largest absolute Gasteiger partial charge is 0.433 e. The van der Waals surface area contributed by atoms with E-state index in [9.17, 15) is 17.6 Å². The first-order valence-electron chi connectivity index (χ1n) is 9.81. The van der Waals surface area contributed by atoms with Gasteiger partial charge in [-0.25, -0.2) is 4.39 Å². The van der Waals surface area contributed by atoms with Crippen LogP contribution >= 0.6 is 0 Å². The lowest BCUT2D eigenvalue weighted by Crippen LogP contribution is -2.07. The number of unbranched alkanes of at least 4 members (excludes halogenated alkanes) is 3. The molecule has 0 aliphatic carbocycles. The van der Waals surface area contributed by atoms with Crippen LogP contribution in [0.3, 0.4) is 0 Å². The quantitative estimate of drug-likeness (QED) is 0.292. The Morgan fingerprint density at radius 3 is 1.93 bits per heavy atom. The van der Waals surface area contributed by atoms with Crippen molar-refractivity contribution in [3.05, 3.63) is 77.9 Å². The van der Waals surface area contributed by atoms with Gasteiger partial charge in [0.15, 0.2) is 0 Å². The maximum absolute atomic E-state index is 14.4. The van der Waals surface area contributed by atoms with Crippen molar-refractivity contribution in [2.45, 2.75) is 45.2 Å². The number of pyridine rings is 1. The van der Waals surface area contributed by atoms with Gasteiger partial charge >= 0.3 is 6.18 Å². The second-order valence-corrected chi connectivity index (χ2v) is 7.12. The first-order valence-corrected chi connectivity index (χ1v) is 9.81. The van der Waals surface area contributed by atoms with Crippen LogP contribution in [0.25, 0.3) is 22.3 Å². The maximum Gasteiger partial charge on any atom is 0.433 e. The smallest absolute Gasteiger partial charge is 0.251 e. The molecule has 5 heteroatoms. The predicted molar refractivity (Wildman–Crippen MR) is 108 cm³/mol. The highest BCUT2D eigenvalue weighted by Crippen LogP contribution is 2.30. The first kappa shape index (κ1) is 21.0. The third-order valence-electron chi connectivity index (χ3n) is 4.96. The summed E-state index contributed by atoms with van der Waals surface area (Å²) >= 11 is 0. The number of hydrogen-bond acceptors (Lipinski definition) is 1. The molecule has 0 amide bonds. The van der Waals surface area contributed by atoms with Gasteiger partial charge < -0.3 is 0 Å². The summed E-state index contributed by atoms with van der Waals surface area (Å²) in [6, 6.07) is 14.9. The van der Waals surface area contributed by atoms with Crippen molar-refractivity contribution in [3.8, 4) is 22.3 Å². The zero-order chi connectivity index (χ0) is 20.9. The van der Waals surface area contributed by atoms with Crippen LogP contribution in [0.4, 0.5) is 17.6 Å². The fourth-order valence-corrected chi connectivity index (χ4v) is 3.26. The molecule has 0 aliphatic heterocycles. The molecule has 3 rings (SSSR count). The number of benzene rings is 2. The Kier molecular flexibility index (Phi) is 6.68. The summed E-state index contributed by atoms with van der Waals surface area (Å²) in [7, 11) is 0. The van der Waals surface area contributed by atoms with E-state index in [4.69, 9.17) is 0 Å². The number of hydrogen-bond donors (Lipinski definition) is 0. The Morgan fingerprint density at radius 2 is 1.38 bits per heavy atom. The van der Waals surface area contributed by atoms with Crippen molar-refractivity contribution >= 4 is 0 Å². The normalized spacial score (nSPS) is 11.6. The van der Waals surface area contributed by atoms with Gasteiger partial charge in [-0.1, -0.05) is 68.7 Å². The van der Waals surface area contributed by atoms with Crippen molar-refractivity contribution in [2.75, 3.05) is 0 Å². The van der Waals surface area contributed by atoms with Crippen LogP contribution in [0, 0.1) is 5.82 Å². The van der Waals surface area contributed by atoms with Crippen LogP contribution in [0.15, 0.2) is 60.8 Å². The minimum Gasteiger partial charge on any atom is -0.251 e. The molecule has 0 saturated carbocycles. The molecule has 0 fully saturated rings. The lowest BCUT2D eigenvalue weighted by Gasteiger charge is -2.09. The van der Waals surface area contributed by atoms with Gasteiger partial charge in [0.1, 0.15) is 11.5 Å². The van der Waals surface area contributed by atoms with Crippen LogP contribution in [-0.4, -0.2) is 4.98 Å². The topological polar surface area (TPSA) is 12.9 Å². The number of aryl methyl sites for hydroxylation is 1. The molecular formula is C24H23F4N. The molecule has 0 saturated heterocycles. The van der Waals surface area contributed by atoms with E-state index in [1.807, 2.05) is 24.3 Å². The standard InChI is InChI=1S/C24H23F4N/c1-2-3-4-5-6-19-11-12-20(15-22(19)25)17-7-9-18(10-8-17)21-13-14-23(29-16-21)24(26,27)28/h7-16H,2-6H2,1H3. The molecule has 1 nitrogen and oxygen atoms in total. The highest BCUT2D eigenvalue weighted by atomic mass is 19.4. The Hall–Kier alpha value is -2.69. The molecule has 3 aromatic rings. The van der Waals surface area contributed by atoms with E-state index in [1.54, 1.807) is 18.2 Å². The Bertz CT molecular complexity index is 929. The van der Waals surface area contributed by atoms with Crippen LogP contribution in [-0.2, 0) is 12.6 Å². The van der Waals surface area contributed by atoms with E-state index in [0.717, 1.165) is 54.0 Å². The third kappa shape index (κ3) is 5.43. The van der Waals surface area contributed by atoms with Crippen molar-refractivity contribution in [1.29, 1.82) is 0 Å². The average molecular weight is 401 g/mol. The van der Waals surface area contributed by atoms with E-state index >= 15 is 0 Å². The molecule has 1 aromatic heterocycles. The minimum atomic E-state index is -4.45. The molecule has 152 valence electrons. The van der Waals surface area contributed by atoms with Crippen molar-refractivity contribution < 1.29 is 17.6 Å². The molecule has 0 spiro atoms. The van der Waals surface area contributed by atoms with Crippen LogP contribution in [0.1, 0.15) is 43.9 Å². The lowest BCUT2D eigenvalue weighted by atomic mass is 9.98. The van der Waals surface area contributed by atoms with E-state index in [0.29, 0.717) is 5.56 Å². The zero-order valence-corrected chi connectivity index (χ0v) is 16.3. The van der Waals surface area contributed by atoms with Crippen LogP contribution < -0.4 is 0 Å². The highest BCUT2D eigenvalue weighted by Gasteiger charge is 2.32. The monoisotopic (exact) mass is 401 g/mol. The SMILES string of the molecule is CCCCCCc1ccc(-c2ccc(-c3ccc(C(F)(F)F)nc3)cc2)cc1F. The fraction of sp³-hybridized carbons (Fsp3) is 0.292. The molecule has 0 aliphatic rings. The molecule has 0 bridgehead atoms. The van der Waals surface area contributed by atoms with Gasteiger partial charge in [0.2, 0.25) is 0 Å². The van der Waals surface area contributed by atoms with Gasteiger partial charge in [-0.15, -0.1) is 0 Å². The van der Waals surface area contributed by atoms with Crippen molar-refractivity contribution in [3.63, 3.8) is 0 Å². The molecule has 29 heavy (non-hydrogen) atoms. The third-order valence-corrected chi connectivity index (χ3v) is 4.96. The molecule has 0 N–H and O–H groups in total. The maximum atomic E-state index is 14.4. The second-order valence-electron chi connectivity index (χ2n) is 7.12. The summed E-state index contributed by atoms with van der Waals surface area (Å²) in [6.07, 6.45) is 1.92. The van der Waals surface area contributed by atoms with Gasteiger partial charge in [0.25, 0.3) is 0 Å². The molecule has 0 radical (unpaired) electrons. The van der Waals surface area contributed by atoms with Crippen molar-refractivity contribution in [1.82, 2.24) is 4.98 Å². The zero-order valence-electron chi connectivity index (χ0n) is 16.3. The Labute approximate surface area is 168 Å². The summed E-state index contributed by atoms with van der Waals surface area (Å²) in [4.78, 5) is 3.49. The average Bonchev–Trinajstić information content (AvgIpc) is 2.72. The summed E-state index contributed by atoms with van der Waals surface area (Å²) in [5, 5.41) is 0. The van der Waals surface area contributed by atoms with Crippen LogP contribution in [0.2, 0.25) is 0 Å². The van der Waals surface area contributed by atoms with E-state index in [-0.39, 0.29) is 5.82 Å². The molecule has 0 atom stereocenters. The van der Waals surface area contributed by atoms with Crippen molar-refractivity contribution in [2.24, 2.45) is 0 Å². The van der Waals surface area contributed by atoms with E-state index in [1.165, 1.54) is 18.7 Å². The molecule has 1 heterocycles. The van der Waals surface area contributed by atoms with E-state index in [2.05, 4.69) is 11.9 Å². The number of nitrogens with zero attached hydrogens (tertiary/aromatic N) is 1. The molecule has 2 aromatic carbocycles. The number of aromatic nitrogens is 1. The fourth-order valence-electron chi connectivity index (χ4n) is 3.26. The lowest BCUT2D eigenvalue weighted by molar-refractivity contribution is -0.141. The Balaban J connectivity index is 1.72. The number of halogens is 4. The molecular weight excluding hydrogens is 378 g/mol. The summed E-state index contributed by atoms with van der Waals surface area (Å²) in [5.74, 6) is -0.199. The predicted octanol–water partition coefficient (Wildman–Crippen LogP) is 7.70. The van der Waals surface area contributed by atoms with Crippen LogP contribution in [0.5, 0.6) is 0 Å². The summed E-state index contributed by atoms with van der Waals surface area (Å²) < 4.78 is 52.3. The molecule has 0 unspecified atom stereocenters. The van der Waals surface area contributed by atoms with Gasteiger partial charge in [-0.3, -0.25) is 4.98 Å². The first-order chi connectivity index (χ1) is 13.9. The highest BCUT2D eigenvalue weighted by molar-refractivity contribution is 5.70. The summed E-state index contributed by atoms with van der Waals surface area (Å²) in [6.45, 7) is 2.15. The van der Waals surface area contributed by atoms with Gasteiger partial charge in [0, 0.05) is 11.8 Å². The van der Waals surface area contributed by atoms with Gasteiger partial charge in [-0.05, 0) is 47.2 Å². The number of alkyl halides is 3. The van der Waals surface area contributed by atoms with E-state index < -0.39 is 11.9 Å². The van der Waals surface area contributed by atoms with Gasteiger partial charge in [-0.2, -0.15) is 13.2 Å². The Morgan fingerprint density at radius 1 is 0.759 bits per heavy atom. The second kappa shape index (κ2) is 9.21. The van der Waals surface area contributed by atoms with Gasteiger partial charge in [0.05, 0.1) is 0 Å².